The van der Waals surface area contributed by atoms with Gasteiger partial charge in [0.1, 0.15) is 10.6 Å². The molecule has 0 radical (unpaired) electrons. The van der Waals surface area contributed by atoms with E-state index in [2.05, 4.69) is 23.8 Å². The highest BCUT2D eigenvalue weighted by Crippen LogP contribution is 2.33. The van der Waals surface area contributed by atoms with Crippen LogP contribution in [0.2, 0.25) is 0 Å². The molecule has 0 fully saturated rings. The molecular formula is C15H15N3OS. The SMILES string of the molecule is Cc1cc2c(Oc3ccc(C)c(C)c3)nc(N)nc2s1. The van der Waals surface area contributed by atoms with Crippen LogP contribution in [0.1, 0.15) is 16.0 Å². The Morgan fingerprint density at radius 2 is 1.85 bits per heavy atom. The molecule has 4 nitrogen and oxygen atoms in total. The van der Waals surface area contributed by atoms with E-state index in [1.165, 1.54) is 11.1 Å². The van der Waals surface area contributed by atoms with Crippen molar-refractivity contribution in [1.29, 1.82) is 0 Å². The Morgan fingerprint density at radius 1 is 1.05 bits per heavy atom. The summed E-state index contributed by atoms with van der Waals surface area (Å²) in [5, 5.41) is 0.903. The highest BCUT2D eigenvalue weighted by atomic mass is 32.1. The minimum Gasteiger partial charge on any atom is -0.438 e. The molecule has 0 aliphatic rings. The van der Waals surface area contributed by atoms with Crippen molar-refractivity contribution in [2.24, 2.45) is 0 Å². The van der Waals surface area contributed by atoms with Crippen molar-refractivity contribution in [2.45, 2.75) is 20.8 Å². The summed E-state index contributed by atoms with van der Waals surface area (Å²) >= 11 is 1.59. The van der Waals surface area contributed by atoms with Crippen LogP contribution in [0.3, 0.4) is 0 Å². The summed E-state index contributed by atoms with van der Waals surface area (Å²) in [6.07, 6.45) is 0. The van der Waals surface area contributed by atoms with Gasteiger partial charge in [-0.15, -0.1) is 11.3 Å². The van der Waals surface area contributed by atoms with Gasteiger partial charge >= 0.3 is 0 Å². The molecule has 2 heterocycles. The summed E-state index contributed by atoms with van der Waals surface area (Å²) in [5.41, 5.74) is 8.16. The largest absolute Gasteiger partial charge is 0.438 e. The number of anilines is 1. The van der Waals surface area contributed by atoms with Crippen LogP contribution >= 0.6 is 11.3 Å². The number of nitrogen functional groups attached to an aromatic ring is 1. The highest BCUT2D eigenvalue weighted by molar-refractivity contribution is 7.18. The van der Waals surface area contributed by atoms with Gasteiger partial charge in [-0.25, -0.2) is 4.98 Å². The third kappa shape index (κ3) is 2.32. The van der Waals surface area contributed by atoms with Gasteiger partial charge in [-0.1, -0.05) is 6.07 Å². The molecule has 0 bridgehead atoms. The van der Waals surface area contributed by atoms with Gasteiger partial charge in [0.25, 0.3) is 0 Å². The molecule has 0 saturated carbocycles. The fourth-order valence-corrected chi connectivity index (χ4v) is 2.88. The standard InChI is InChI=1S/C15H15N3OS/c1-8-4-5-11(6-9(8)2)19-13-12-7-10(3)20-14(12)18-15(16)17-13/h4-7H,1-3H3,(H2,16,17,18). The fourth-order valence-electron chi connectivity index (χ4n) is 2.00. The molecule has 0 unspecified atom stereocenters. The van der Waals surface area contributed by atoms with Crippen molar-refractivity contribution in [3.63, 3.8) is 0 Å². The summed E-state index contributed by atoms with van der Waals surface area (Å²) in [7, 11) is 0. The van der Waals surface area contributed by atoms with Crippen LogP contribution in [0.4, 0.5) is 5.95 Å². The molecular weight excluding hydrogens is 270 g/mol. The Kier molecular flexibility index (Phi) is 3.06. The molecule has 2 N–H and O–H groups in total. The number of aryl methyl sites for hydroxylation is 3. The van der Waals surface area contributed by atoms with Crippen LogP contribution in [0, 0.1) is 20.8 Å². The van der Waals surface area contributed by atoms with Crippen molar-refractivity contribution in [1.82, 2.24) is 9.97 Å². The maximum atomic E-state index is 5.90. The summed E-state index contributed by atoms with van der Waals surface area (Å²) in [5.74, 6) is 1.51. The number of hydrogen-bond donors (Lipinski definition) is 1. The second kappa shape index (κ2) is 4.76. The number of aromatic nitrogens is 2. The predicted molar refractivity (Wildman–Crippen MR) is 82.6 cm³/mol. The molecule has 0 aliphatic heterocycles. The lowest BCUT2D eigenvalue weighted by atomic mass is 10.1. The van der Waals surface area contributed by atoms with E-state index in [4.69, 9.17) is 10.5 Å². The first kappa shape index (κ1) is 12.9. The van der Waals surface area contributed by atoms with Crippen LogP contribution in [-0.4, -0.2) is 9.97 Å². The van der Waals surface area contributed by atoms with Crippen molar-refractivity contribution in [3.8, 4) is 11.6 Å². The number of benzene rings is 1. The molecule has 3 aromatic rings. The Hall–Kier alpha value is -2.14. The van der Waals surface area contributed by atoms with E-state index >= 15 is 0 Å². The first-order valence-corrected chi connectivity index (χ1v) is 7.13. The number of ether oxygens (including phenoxy) is 1. The van der Waals surface area contributed by atoms with Gasteiger partial charge in [0.2, 0.25) is 11.8 Å². The molecule has 0 atom stereocenters. The lowest BCUT2D eigenvalue weighted by Crippen LogP contribution is -1.97. The summed E-state index contributed by atoms with van der Waals surface area (Å²) in [4.78, 5) is 10.5. The van der Waals surface area contributed by atoms with Crippen LogP contribution in [0.5, 0.6) is 11.6 Å². The topological polar surface area (TPSA) is 61.0 Å². The number of nitrogens with two attached hydrogens (primary N) is 1. The fraction of sp³-hybridized carbons (Fsp3) is 0.200. The van der Waals surface area contributed by atoms with Crippen LogP contribution in [-0.2, 0) is 0 Å². The number of thiophene rings is 1. The monoisotopic (exact) mass is 285 g/mol. The molecule has 0 aliphatic carbocycles. The maximum Gasteiger partial charge on any atom is 0.232 e. The number of hydrogen-bond acceptors (Lipinski definition) is 5. The first-order chi connectivity index (χ1) is 9.52. The van der Waals surface area contributed by atoms with E-state index in [0.29, 0.717) is 5.88 Å². The molecule has 3 rings (SSSR count). The summed E-state index contributed by atoms with van der Waals surface area (Å²) in [6, 6.07) is 7.99. The van der Waals surface area contributed by atoms with Crippen LogP contribution in [0.25, 0.3) is 10.2 Å². The molecule has 102 valence electrons. The van der Waals surface area contributed by atoms with E-state index in [1.807, 2.05) is 31.2 Å². The van der Waals surface area contributed by atoms with E-state index in [-0.39, 0.29) is 5.95 Å². The maximum absolute atomic E-state index is 5.90. The Morgan fingerprint density at radius 3 is 2.60 bits per heavy atom. The molecule has 0 saturated heterocycles. The quantitative estimate of drug-likeness (QED) is 0.773. The Bertz CT molecular complexity index is 795. The van der Waals surface area contributed by atoms with Crippen molar-refractivity contribution in [2.75, 3.05) is 5.73 Å². The molecule has 0 spiro atoms. The molecule has 5 heteroatoms. The third-order valence-corrected chi connectivity index (χ3v) is 4.14. The first-order valence-electron chi connectivity index (χ1n) is 6.31. The van der Waals surface area contributed by atoms with Crippen LogP contribution < -0.4 is 10.5 Å². The van der Waals surface area contributed by atoms with Gasteiger partial charge in [-0.3, -0.25) is 0 Å². The summed E-state index contributed by atoms with van der Waals surface area (Å²) < 4.78 is 5.90. The van der Waals surface area contributed by atoms with E-state index in [1.54, 1.807) is 11.3 Å². The zero-order chi connectivity index (χ0) is 14.3. The predicted octanol–water partition coefficient (Wildman–Crippen LogP) is 3.99. The van der Waals surface area contributed by atoms with E-state index in [9.17, 15) is 0 Å². The van der Waals surface area contributed by atoms with Gasteiger partial charge in [0.05, 0.1) is 5.39 Å². The third-order valence-electron chi connectivity index (χ3n) is 3.19. The van der Waals surface area contributed by atoms with Crippen molar-refractivity contribution >= 4 is 27.5 Å². The number of rotatable bonds is 2. The zero-order valence-corrected chi connectivity index (χ0v) is 12.4. The van der Waals surface area contributed by atoms with Crippen LogP contribution in [0.15, 0.2) is 24.3 Å². The summed E-state index contributed by atoms with van der Waals surface area (Å²) in [6.45, 7) is 6.16. The minimum absolute atomic E-state index is 0.234. The van der Waals surface area contributed by atoms with Crippen molar-refractivity contribution in [3.05, 3.63) is 40.3 Å². The van der Waals surface area contributed by atoms with E-state index < -0.39 is 0 Å². The Balaban J connectivity index is 2.07. The molecule has 20 heavy (non-hydrogen) atoms. The zero-order valence-electron chi connectivity index (χ0n) is 11.6. The lowest BCUT2D eigenvalue weighted by Gasteiger charge is -2.08. The van der Waals surface area contributed by atoms with Crippen molar-refractivity contribution < 1.29 is 4.74 Å². The Labute approximate surface area is 121 Å². The lowest BCUT2D eigenvalue weighted by molar-refractivity contribution is 0.469. The molecule has 0 amide bonds. The van der Waals surface area contributed by atoms with Gasteiger partial charge in [0.15, 0.2) is 0 Å². The smallest absolute Gasteiger partial charge is 0.232 e. The second-order valence-corrected chi connectivity index (χ2v) is 6.05. The average Bonchev–Trinajstić information content (AvgIpc) is 2.74. The number of nitrogens with zero attached hydrogens (tertiary/aromatic N) is 2. The second-order valence-electron chi connectivity index (χ2n) is 4.81. The van der Waals surface area contributed by atoms with E-state index in [0.717, 1.165) is 20.8 Å². The normalized spacial score (nSPS) is 10.9. The molecule has 1 aromatic carbocycles. The highest BCUT2D eigenvalue weighted by Gasteiger charge is 2.11. The molecule has 2 aromatic heterocycles. The van der Waals surface area contributed by atoms with Gasteiger partial charge in [0, 0.05) is 4.88 Å². The minimum atomic E-state index is 0.234. The average molecular weight is 285 g/mol. The van der Waals surface area contributed by atoms with Gasteiger partial charge in [-0.2, -0.15) is 4.98 Å². The number of fused-ring (bicyclic) bond motifs is 1. The van der Waals surface area contributed by atoms with Gasteiger partial charge < -0.3 is 10.5 Å². The van der Waals surface area contributed by atoms with Gasteiger partial charge in [-0.05, 0) is 50.1 Å².